The van der Waals surface area contributed by atoms with Gasteiger partial charge in [0.25, 0.3) is 0 Å². The van der Waals surface area contributed by atoms with Crippen molar-refractivity contribution >= 4 is 16.7 Å². The van der Waals surface area contributed by atoms with Gasteiger partial charge in [0, 0.05) is 28.9 Å². The summed E-state index contributed by atoms with van der Waals surface area (Å²) in [6.07, 6.45) is 2.02. The minimum atomic E-state index is -0.875. The number of benzene rings is 1. The molecule has 3 atom stereocenters. The van der Waals surface area contributed by atoms with Gasteiger partial charge in [-0.2, -0.15) is 0 Å². The van der Waals surface area contributed by atoms with Gasteiger partial charge in [-0.05, 0) is 31.0 Å². The molecule has 0 bridgehead atoms. The summed E-state index contributed by atoms with van der Waals surface area (Å²) >= 11 is 0. The van der Waals surface area contributed by atoms with Gasteiger partial charge in [-0.25, -0.2) is 4.39 Å². The molecule has 1 fully saturated rings. The van der Waals surface area contributed by atoms with Crippen LogP contribution in [0.4, 0.5) is 4.39 Å². The zero-order chi connectivity index (χ0) is 14.7. The molecule has 1 amide bonds. The van der Waals surface area contributed by atoms with Crippen molar-refractivity contribution in [3.8, 4) is 0 Å². The fraction of sp³-hybridized carbons (Fsp3) is 0.500. The molecule has 0 radical (unpaired) electrons. The average molecular weight is 298 g/mol. The maximum atomic E-state index is 13.3. The van der Waals surface area contributed by atoms with Crippen molar-refractivity contribution in [3.05, 3.63) is 35.6 Å². The summed E-state index contributed by atoms with van der Waals surface area (Å²) in [4.78, 5) is 13.7. The molecule has 1 heterocycles. The zero-order valence-corrected chi connectivity index (χ0v) is 12.5. The molecule has 1 N–H and O–H groups in total. The van der Waals surface area contributed by atoms with Crippen LogP contribution in [0, 0.1) is 5.82 Å². The van der Waals surface area contributed by atoms with E-state index in [9.17, 15) is 13.4 Å². The Morgan fingerprint density at radius 1 is 1.55 bits per heavy atom. The standard InChI is InChI=1S/C14H19FN2O2S/c1-10(6-7-20(2)19)17-13(18)9-16-14(17)11-4-3-5-12(15)8-11/h3-5,8,10,14,16H,6-7,9H2,1-2H3. The third-order valence-electron chi connectivity index (χ3n) is 3.48. The molecule has 1 aromatic carbocycles. The van der Waals surface area contributed by atoms with E-state index in [0.29, 0.717) is 12.2 Å². The van der Waals surface area contributed by atoms with Crippen molar-refractivity contribution in [1.29, 1.82) is 0 Å². The van der Waals surface area contributed by atoms with Crippen LogP contribution >= 0.6 is 0 Å². The first-order valence-electron chi connectivity index (χ1n) is 6.59. The second-order valence-corrected chi connectivity index (χ2v) is 6.61. The van der Waals surface area contributed by atoms with E-state index < -0.39 is 10.8 Å². The Morgan fingerprint density at radius 2 is 2.30 bits per heavy atom. The molecule has 4 nitrogen and oxygen atoms in total. The highest BCUT2D eigenvalue weighted by atomic mass is 32.2. The molecule has 0 aliphatic carbocycles. The highest BCUT2D eigenvalue weighted by Crippen LogP contribution is 2.26. The summed E-state index contributed by atoms with van der Waals surface area (Å²) in [5.74, 6) is 0.237. The lowest BCUT2D eigenvalue weighted by Gasteiger charge is -2.30. The zero-order valence-electron chi connectivity index (χ0n) is 11.6. The smallest absolute Gasteiger partial charge is 0.238 e. The molecule has 1 aromatic rings. The number of carbonyl (C=O) groups is 1. The van der Waals surface area contributed by atoms with Crippen molar-refractivity contribution in [2.24, 2.45) is 0 Å². The Kier molecular flexibility index (Phi) is 4.88. The molecule has 1 aliphatic rings. The van der Waals surface area contributed by atoms with Crippen molar-refractivity contribution in [1.82, 2.24) is 10.2 Å². The summed E-state index contributed by atoms with van der Waals surface area (Å²) in [6, 6.07) is 6.23. The molecule has 2 rings (SSSR count). The van der Waals surface area contributed by atoms with E-state index in [-0.39, 0.29) is 30.5 Å². The van der Waals surface area contributed by atoms with Gasteiger partial charge < -0.3 is 4.90 Å². The molecule has 0 spiro atoms. The van der Waals surface area contributed by atoms with Crippen LogP contribution < -0.4 is 5.32 Å². The van der Waals surface area contributed by atoms with Gasteiger partial charge in [-0.15, -0.1) is 0 Å². The van der Waals surface area contributed by atoms with E-state index in [1.54, 1.807) is 23.3 Å². The number of nitrogens with zero attached hydrogens (tertiary/aromatic N) is 1. The van der Waals surface area contributed by atoms with Gasteiger partial charge in [0.2, 0.25) is 5.91 Å². The van der Waals surface area contributed by atoms with E-state index in [1.165, 1.54) is 12.1 Å². The predicted octanol–water partition coefficient (Wildman–Crippen LogP) is 1.41. The van der Waals surface area contributed by atoms with Crippen molar-refractivity contribution in [2.75, 3.05) is 18.6 Å². The lowest BCUT2D eigenvalue weighted by molar-refractivity contribution is -0.130. The molecule has 0 saturated carbocycles. The molecule has 1 saturated heterocycles. The molecule has 0 aromatic heterocycles. The maximum Gasteiger partial charge on any atom is 0.238 e. The monoisotopic (exact) mass is 298 g/mol. The van der Waals surface area contributed by atoms with Crippen molar-refractivity contribution in [3.63, 3.8) is 0 Å². The van der Waals surface area contributed by atoms with Gasteiger partial charge >= 0.3 is 0 Å². The summed E-state index contributed by atoms with van der Waals surface area (Å²) in [5, 5.41) is 3.10. The fourth-order valence-electron chi connectivity index (χ4n) is 2.45. The molecular weight excluding hydrogens is 279 g/mol. The van der Waals surface area contributed by atoms with E-state index in [0.717, 1.165) is 5.56 Å². The molecule has 110 valence electrons. The van der Waals surface area contributed by atoms with E-state index in [1.807, 2.05) is 6.92 Å². The second-order valence-electron chi connectivity index (χ2n) is 5.05. The van der Waals surface area contributed by atoms with Crippen LogP contribution in [0.5, 0.6) is 0 Å². The highest BCUT2D eigenvalue weighted by Gasteiger charge is 2.34. The SMILES string of the molecule is CC(CCS(C)=O)N1C(=O)CNC1c1cccc(F)c1. The Balaban J connectivity index is 2.16. The lowest BCUT2D eigenvalue weighted by atomic mass is 10.1. The van der Waals surface area contributed by atoms with E-state index >= 15 is 0 Å². The third-order valence-corrected chi connectivity index (χ3v) is 4.29. The first-order valence-corrected chi connectivity index (χ1v) is 8.32. The molecular formula is C14H19FN2O2S. The van der Waals surface area contributed by atoms with E-state index in [2.05, 4.69) is 5.32 Å². The summed E-state index contributed by atoms with van der Waals surface area (Å²) in [7, 11) is -0.875. The van der Waals surface area contributed by atoms with Crippen LogP contribution in [-0.2, 0) is 15.6 Å². The number of hydrogen-bond donors (Lipinski definition) is 1. The number of amides is 1. The van der Waals surface area contributed by atoms with Crippen molar-refractivity contribution in [2.45, 2.75) is 25.6 Å². The second kappa shape index (κ2) is 6.45. The Morgan fingerprint density at radius 3 is 2.95 bits per heavy atom. The minimum Gasteiger partial charge on any atom is -0.319 e. The lowest BCUT2D eigenvalue weighted by Crippen LogP contribution is -2.38. The Hall–Kier alpha value is -1.27. The average Bonchev–Trinajstić information content (AvgIpc) is 2.78. The number of hydrogen-bond acceptors (Lipinski definition) is 3. The van der Waals surface area contributed by atoms with Crippen LogP contribution in [0.3, 0.4) is 0 Å². The molecule has 20 heavy (non-hydrogen) atoms. The van der Waals surface area contributed by atoms with Crippen LogP contribution in [0.1, 0.15) is 25.1 Å². The topological polar surface area (TPSA) is 49.4 Å². The van der Waals surface area contributed by atoms with Crippen LogP contribution in [-0.4, -0.2) is 39.6 Å². The van der Waals surface area contributed by atoms with Crippen LogP contribution in [0.2, 0.25) is 0 Å². The first-order chi connectivity index (χ1) is 9.49. The Bertz CT molecular complexity index is 524. The van der Waals surface area contributed by atoms with Crippen molar-refractivity contribution < 1.29 is 13.4 Å². The molecule has 3 unspecified atom stereocenters. The number of nitrogens with one attached hydrogen (secondary N) is 1. The van der Waals surface area contributed by atoms with E-state index in [4.69, 9.17) is 0 Å². The maximum absolute atomic E-state index is 13.3. The van der Waals surface area contributed by atoms with Crippen LogP contribution in [0.15, 0.2) is 24.3 Å². The number of halogens is 1. The summed E-state index contributed by atoms with van der Waals surface area (Å²) < 4.78 is 24.5. The highest BCUT2D eigenvalue weighted by molar-refractivity contribution is 7.84. The fourth-order valence-corrected chi connectivity index (χ4v) is 3.12. The number of rotatable bonds is 5. The van der Waals surface area contributed by atoms with Gasteiger partial charge in [0.1, 0.15) is 12.0 Å². The summed E-state index contributed by atoms with van der Waals surface area (Å²) in [5.41, 5.74) is 0.736. The van der Waals surface area contributed by atoms with Gasteiger partial charge in [0.15, 0.2) is 0 Å². The summed E-state index contributed by atoms with van der Waals surface area (Å²) in [6.45, 7) is 2.19. The minimum absolute atomic E-state index is 0.00588. The molecule has 6 heteroatoms. The van der Waals surface area contributed by atoms with Gasteiger partial charge in [0.05, 0.1) is 6.54 Å². The van der Waals surface area contributed by atoms with Gasteiger partial charge in [-0.1, -0.05) is 12.1 Å². The van der Waals surface area contributed by atoms with Gasteiger partial charge in [-0.3, -0.25) is 14.3 Å². The first kappa shape index (κ1) is 15.1. The quantitative estimate of drug-likeness (QED) is 0.894. The third kappa shape index (κ3) is 3.43. The largest absolute Gasteiger partial charge is 0.319 e. The predicted molar refractivity (Wildman–Crippen MR) is 77.0 cm³/mol. The number of carbonyl (C=O) groups excluding carboxylic acids is 1. The van der Waals surface area contributed by atoms with Crippen LogP contribution in [0.25, 0.3) is 0 Å². The molecule has 1 aliphatic heterocycles. The normalized spacial score (nSPS) is 22.1. The Labute approximate surface area is 120 Å².